The first-order chi connectivity index (χ1) is 16.5. The van der Waals surface area contributed by atoms with Gasteiger partial charge in [-0.05, 0) is 13.3 Å². The Hall–Kier alpha value is -0.0400. The van der Waals surface area contributed by atoms with E-state index in [0.717, 1.165) is 12.8 Å². The Balaban J connectivity index is 3.51. The highest BCUT2D eigenvalue weighted by Crippen LogP contribution is 2.39. The molecule has 6 nitrogen and oxygen atoms in total. The number of phosphoric ester groups is 1. The van der Waals surface area contributed by atoms with Crippen LogP contribution in [-0.4, -0.2) is 64.3 Å². The van der Waals surface area contributed by atoms with Crippen molar-refractivity contribution < 1.29 is 32.1 Å². The molecule has 35 heavy (non-hydrogen) atoms. The zero-order chi connectivity index (χ0) is 26.5. The van der Waals surface area contributed by atoms with Crippen LogP contribution in [0.25, 0.3) is 0 Å². The molecule has 0 saturated carbocycles. The van der Waals surface area contributed by atoms with E-state index in [0.29, 0.717) is 17.6 Å². The van der Waals surface area contributed by atoms with Gasteiger partial charge in [-0.3, -0.25) is 4.57 Å². The van der Waals surface area contributed by atoms with Crippen molar-refractivity contribution in [1.82, 2.24) is 0 Å². The van der Waals surface area contributed by atoms with E-state index in [9.17, 15) is 13.8 Å². The van der Waals surface area contributed by atoms with Crippen LogP contribution >= 0.6 is 7.82 Å². The average molecular weight is 526 g/mol. The summed E-state index contributed by atoms with van der Waals surface area (Å²) in [4.78, 5) is 11.8. The summed E-state index contributed by atoms with van der Waals surface area (Å²) in [5.74, 6) is 0. The fraction of sp³-hybridized carbons (Fsp3) is 1.00. The number of quaternary nitrogens is 1. The SMILES string of the molecule is CCCCCCCCCCCCCCCCCCOCC(C)(F)COP(=O)([O-])OCC[N+](C)(C)C. The summed E-state index contributed by atoms with van der Waals surface area (Å²) in [6, 6.07) is 0. The lowest BCUT2D eigenvalue weighted by Crippen LogP contribution is -2.38. The summed E-state index contributed by atoms with van der Waals surface area (Å²) >= 11 is 0. The van der Waals surface area contributed by atoms with Crippen LogP contribution in [0.1, 0.15) is 117 Å². The fourth-order valence-corrected chi connectivity index (χ4v) is 4.56. The molecule has 0 aromatic carbocycles. The molecule has 0 amide bonds. The van der Waals surface area contributed by atoms with E-state index in [1.165, 1.54) is 96.8 Å². The number of hydrogen-bond donors (Lipinski definition) is 0. The zero-order valence-electron chi connectivity index (χ0n) is 23.7. The minimum atomic E-state index is -4.51. The molecule has 0 aromatic rings. The van der Waals surface area contributed by atoms with E-state index in [4.69, 9.17) is 13.8 Å². The van der Waals surface area contributed by atoms with E-state index >= 15 is 0 Å². The maximum absolute atomic E-state index is 14.5. The van der Waals surface area contributed by atoms with Gasteiger partial charge in [-0.2, -0.15) is 0 Å². The maximum atomic E-state index is 14.5. The summed E-state index contributed by atoms with van der Waals surface area (Å²) in [5, 5.41) is 0. The second-order valence-electron chi connectivity index (χ2n) is 11.3. The Morgan fingerprint density at radius 3 is 1.57 bits per heavy atom. The van der Waals surface area contributed by atoms with Gasteiger partial charge in [0.25, 0.3) is 7.82 Å². The Morgan fingerprint density at radius 2 is 1.14 bits per heavy atom. The number of rotatable bonds is 26. The van der Waals surface area contributed by atoms with E-state index in [1.54, 1.807) is 0 Å². The Bertz CT molecular complexity index is 528. The Kier molecular flexibility index (Phi) is 20.9. The second kappa shape index (κ2) is 21.0. The van der Waals surface area contributed by atoms with Crippen molar-refractivity contribution in [2.75, 3.05) is 54.1 Å². The minimum Gasteiger partial charge on any atom is -0.756 e. The molecule has 0 saturated heterocycles. The number of halogens is 1. The number of unbranched alkanes of at least 4 members (excludes halogenated alkanes) is 15. The highest BCUT2D eigenvalue weighted by molar-refractivity contribution is 7.45. The standard InChI is InChI=1S/C27H57FNO5P/c1-6-7-8-9-10-11-12-13-14-15-16-17-18-19-20-21-23-32-25-27(2,28)26-34-35(30,31)33-24-22-29(3,4)5/h6-26H2,1-5H3. The van der Waals surface area contributed by atoms with Crippen LogP contribution in [0.4, 0.5) is 4.39 Å². The monoisotopic (exact) mass is 525 g/mol. The summed E-state index contributed by atoms with van der Waals surface area (Å²) in [5.41, 5.74) is -1.88. The molecule has 0 aromatic heterocycles. The molecule has 212 valence electrons. The maximum Gasteiger partial charge on any atom is 0.268 e. The van der Waals surface area contributed by atoms with Gasteiger partial charge in [0, 0.05) is 6.61 Å². The minimum absolute atomic E-state index is 0.00301. The van der Waals surface area contributed by atoms with Crippen molar-refractivity contribution in [3.8, 4) is 0 Å². The van der Waals surface area contributed by atoms with E-state index in [2.05, 4.69) is 6.92 Å². The molecule has 8 heteroatoms. The third kappa shape index (κ3) is 26.8. The van der Waals surface area contributed by atoms with Gasteiger partial charge in [0.1, 0.15) is 13.2 Å². The number of nitrogens with zero attached hydrogens (tertiary/aromatic N) is 1. The first-order valence-electron chi connectivity index (χ1n) is 14.1. The molecule has 0 fully saturated rings. The molecule has 0 aliphatic rings. The lowest BCUT2D eigenvalue weighted by molar-refractivity contribution is -0.870. The summed E-state index contributed by atoms with van der Waals surface area (Å²) in [7, 11) is 1.27. The van der Waals surface area contributed by atoms with E-state index in [1.807, 2.05) is 21.1 Å². The highest BCUT2D eigenvalue weighted by atomic mass is 31.2. The smallest absolute Gasteiger partial charge is 0.268 e. The first-order valence-corrected chi connectivity index (χ1v) is 15.6. The van der Waals surface area contributed by atoms with Crippen molar-refractivity contribution in [2.24, 2.45) is 0 Å². The Labute approximate surface area is 216 Å². The highest BCUT2D eigenvalue weighted by Gasteiger charge is 2.27. The lowest BCUT2D eigenvalue weighted by atomic mass is 10.0. The van der Waals surface area contributed by atoms with E-state index < -0.39 is 20.1 Å². The van der Waals surface area contributed by atoms with Crippen molar-refractivity contribution in [3.05, 3.63) is 0 Å². The number of hydrogen-bond acceptors (Lipinski definition) is 5. The molecule has 0 bridgehead atoms. The van der Waals surface area contributed by atoms with Gasteiger partial charge in [0.2, 0.25) is 0 Å². The van der Waals surface area contributed by atoms with Gasteiger partial charge in [-0.25, -0.2) is 4.39 Å². The van der Waals surface area contributed by atoms with Crippen LogP contribution in [0.15, 0.2) is 0 Å². The molecule has 0 aliphatic carbocycles. The second-order valence-corrected chi connectivity index (χ2v) is 12.7. The van der Waals surface area contributed by atoms with Crippen molar-refractivity contribution in [3.63, 3.8) is 0 Å². The lowest BCUT2D eigenvalue weighted by Gasteiger charge is -2.29. The van der Waals surface area contributed by atoms with Crippen LogP contribution in [0, 0.1) is 0 Å². The van der Waals surface area contributed by atoms with Crippen LogP contribution in [0.2, 0.25) is 0 Å². The van der Waals surface area contributed by atoms with Crippen molar-refractivity contribution in [2.45, 2.75) is 122 Å². The molecule has 0 rings (SSSR count). The van der Waals surface area contributed by atoms with Crippen LogP contribution in [0.3, 0.4) is 0 Å². The summed E-state index contributed by atoms with van der Waals surface area (Å²) in [6.07, 6.45) is 20.9. The largest absolute Gasteiger partial charge is 0.756 e. The number of likely N-dealkylation sites (N-methyl/N-ethyl adjacent to an activating group) is 1. The normalized spacial score (nSPS) is 15.7. The molecule has 0 radical (unpaired) electrons. The van der Waals surface area contributed by atoms with Crippen LogP contribution in [-0.2, 0) is 18.3 Å². The topological polar surface area (TPSA) is 67.8 Å². The first kappa shape index (κ1) is 35.0. The van der Waals surface area contributed by atoms with Gasteiger partial charge < -0.3 is 23.2 Å². The molecular weight excluding hydrogens is 468 g/mol. The third-order valence-corrected chi connectivity index (χ3v) is 7.02. The molecule has 0 aliphatic heterocycles. The van der Waals surface area contributed by atoms with Gasteiger partial charge in [0.15, 0.2) is 5.67 Å². The summed E-state index contributed by atoms with van der Waals surface area (Å²) < 4.78 is 41.7. The van der Waals surface area contributed by atoms with Gasteiger partial charge >= 0.3 is 0 Å². The predicted octanol–water partition coefficient (Wildman–Crippen LogP) is 7.20. The predicted molar refractivity (Wildman–Crippen MR) is 142 cm³/mol. The number of alkyl halides is 1. The van der Waals surface area contributed by atoms with Crippen molar-refractivity contribution in [1.29, 1.82) is 0 Å². The quantitative estimate of drug-likeness (QED) is 0.0678. The van der Waals surface area contributed by atoms with Crippen LogP contribution in [0.5, 0.6) is 0 Å². The summed E-state index contributed by atoms with van der Waals surface area (Å²) in [6.45, 7) is 3.75. The van der Waals surface area contributed by atoms with Gasteiger partial charge in [-0.1, -0.05) is 103 Å². The molecule has 0 heterocycles. The average Bonchev–Trinajstić information content (AvgIpc) is 2.76. The van der Waals surface area contributed by atoms with Crippen LogP contribution < -0.4 is 4.89 Å². The molecule has 2 unspecified atom stereocenters. The van der Waals surface area contributed by atoms with Gasteiger partial charge in [0.05, 0.1) is 34.4 Å². The molecule has 0 spiro atoms. The molecular formula is C27H57FNO5P. The molecule has 0 N–H and O–H groups in total. The zero-order valence-corrected chi connectivity index (χ0v) is 24.6. The number of ether oxygens (including phenoxy) is 1. The van der Waals surface area contributed by atoms with Gasteiger partial charge in [-0.15, -0.1) is 0 Å². The number of phosphoric acid groups is 1. The fourth-order valence-electron chi connectivity index (χ4n) is 3.76. The third-order valence-electron chi connectivity index (χ3n) is 6.08. The van der Waals surface area contributed by atoms with E-state index in [-0.39, 0.29) is 13.2 Å². The Morgan fingerprint density at radius 1 is 0.714 bits per heavy atom. The van der Waals surface area contributed by atoms with Crippen molar-refractivity contribution >= 4 is 7.82 Å². The molecule has 2 atom stereocenters.